The van der Waals surface area contributed by atoms with Crippen LogP contribution in [0, 0.1) is 17.2 Å². The number of carbonyl (C=O) groups excluding carboxylic acids is 5. The van der Waals surface area contributed by atoms with Gasteiger partial charge in [0.05, 0.1) is 17.2 Å². The number of benzene rings is 2. The van der Waals surface area contributed by atoms with E-state index in [2.05, 4.69) is 10.2 Å². The Morgan fingerprint density at radius 1 is 0.805 bits per heavy atom. The van der Waals surface area contributed by atoms with Crippen LogP contribution in [-0.4, -0.2) is 54.6 Å². The van der Waals surface area contributed by atoms with Crippen molar-refractivity contribution in [1.29, 1.82) is 5.26 Å². The number of Topliss-reactive ketones (excluding diaryl/α,β-unsaturated/α-hetero) is 1. The molecule has 41 heavy (non-hydrogen) atoms. The Kier molecular flexibility index (Phi) is 6.87. The Hall–Kier alpha value is -5.18. The summed E-state index contributed by atoms with van der Waals surface area (Å²) in [5.41, 5.74) is -1.64. The maximum atomic E-state index is 13.0. The van der Waals surface area contributed by atoms with Crippen LogP contribution in [0.4, 0.5) is 0 Å². The number of ketones is 1. The number of nitrogens with zero attached hydrogens (tertiary/aromatic N) is 5. The summed E-state index contributed by atoms with van der Waals surface area (Å²) >= 11 is 0. The second-order valence-corrected chi connectivity index (χ2v) is 11.6. The lowest BCUT2D eigenvalue weighted by Gasteiger charge is -2.29. The predicted molar refractivity (Wildman–Crippen MR) is 145 cm³/mol. The van der Waals surface area contributed by atoms with Gasteiger partial charge in [-0.05, 0) is 71.9 Å². The lowest BCUT2D eigenvalue weighted by atomic mass is 9.95. The van der Waals surface area contributed by atoms with Gasteiger partial charge < -0.3 is 10.2 Å². The maximum absolute atomic E-state index is 13.0. The Bertz CT molecular complexity index is 1750. The zero-order chi connectivity index (χ0) is 30.6. The Labute approximate surface area is 234 Å². The number of hydrogen-bond acceptors (Lipinski definition) is 8. The summed E-state index contributed by atoms with van der Waals surface area (Å²) < 4.78 is 1.29. The fraction of sp³-hybridized carbons (Fsp3) is 0.310. The second kappa shape index (κ2) is 9.78. The van der Waals surface area contributed by atoms with Crippen LogP contribution in [0.3, 0.4) is 0 Å². The summed E-state index contributed by atoms with van der Waals surface area (Å²) in [5, 5.41) is 37.7. The van der Waals surface area contributed by atoms with Crippen LogP contribution in [0.5, 0.6) is 11.8 Å². The van der Waals surface area contributed by atoms with Gasteiger partial charge in [0, 0.05) is 33.0 Å². The van der Waals surface area contributed by atoms with Gasteiger partial charge >= 0.3 is 0 Å². The molecule has 4 amide bonds. The van der Waals surface area contributed by atoms with Gasteiger partial charge in [-0.3, -0.25) is 33.4 Å². The number of amides is 4. The molecule has 1 unspecified atom stereocenters. The van der Waals surface area contributed by atoms with Gasteiger partial charge in [0.2, 0.25) is 11.8 Å². The smallest absolute Gasteiger partial charge is 0.295 e. The van der Waals surface area contributed by atoms with E-state index in [0.29, 0.717) is 0 Å². The quantitative estimate of drug-likeness (QED) is 0.205. The summed E-state index contributed by atoms with van der Waals surface area (Å²) in [5.74, 6) is -6.82. The number of hydrogen-bond donors (Lipinski definition) is 2. The van der Waals surface area contributed by atoms with Crippen LogP contribution in [0.1, 0.15) is 83.0 Å². The zero-order valence-corrected chi connectivity index (χ0v) is 23.2. The van der Waals surface area contributed by atoms with E-state index >= 15 is 0 Å². The van der Waals surface area contributed by atoms with Crippen molar-refractivity contribution in [2.24, 2.45) is 16.1 Å². The van der Waals surface area contributed by atoms with E-state index < -0.39 is 46.4 Å². The summed E-state index contributed by atoms with van der Waals surface area (Å²) in [7, 11) is 0. The van der Waals surface area contributed by atoms with Crippen molar-refractivity contribution in [2.75, 3.05) is 0 Å². The first-order valence-corrected chi connectivity index (χ1v) is 12.5. The molecule has 3 aromatic rings. The molecule has 4 rings (SSSR count). The van der Waals surface area contributed by atoms with Crippen molar-refractivity contribution < 1.29 is 34.2 Å². The monoisotopic (exact) mass is 557 g/mol. The molecule has 1 aromatic heterocycles. The third-order valence-corrected chi connectivity index (χ3v) is 6.56. The van der Waals surface area contributed by atoms with Gasteiger partial charge in [-0.1, -0.05) is 6.07 Å². The summed E-state index contributed by atoms with van der Waals surface area (Å²) in [4.78, 5) is 64.9. The molecule has 0 spiro atoms. The molecule has 2 aromatic carbocycles. The average molecular weight is 558 g/mol. The molecule has 0 aliphatic carbocycles. The van der Waals surface area contributed by atoms with Crippen molar-refractivity contribution in [3.05, 3.63) is 58.7 Å². The molecule has 2 heterocycles. The fourth-order valence-electron chi connectivity index (χ4n) is 4.64. The number of azo groups is 1. The van der Waals surface area contributed by atoms with E-state index in [1.165, 1.54) is 34.9 Å². The average Bonchev–Trinajstić information content (AvgIpc) is 3.30. The maximum Gasteiger partial charge on any atom is 0.295 e. The SMILES string of the molecule is CC(C)(C)N1C(=O)c2ccc(C(=O)C(C#N)C(=O)N=NC(=O)c3ccc4c(O)n(C(C)(C)C)c(O)c4c3)cc2C1=O. The third-order valence-electron chi connectivity index (χ3n) is 6.56. The van der Waals surface area contributed by atoms with Crippen LogP contribution >= 0.6 is 0 Å². The minimum absolute atomic E-state index is 0.0262. The molecule has 1 atom stereocenters. The number of fused-ring (bicyclic) bond motifs is 2. The molecular weight excluding hydrogens is 530 g/mol. The van der Waals surface area contributed by atoms with Gasteiger partial charge in [0.25, 0.3) is 23.6 Å². The van der Waals surface area contributed by atoms with E-state index in [0.717, 1.165) is 11.0 Å². The van der Waals surface area contributed by atoms with Gasteiger partial charge in [-0.25, -0.2) is 0 Å². The molecule has 2 N–H and O–H groups in total. The van der Waals surface area contributed by atoms with E-state index in [-0.39, 0.29) is 44.8 Å². The largest absolute Gasteiger partial charge is 0.494 e. The highest BCUT2D eigenvalue weighted by molar-refractivity contribution is 6.23. The lowest BCUT2D eigenvalue weighted by Crippen LogP contribution is -2.45. The van der Waals surface area contributed by atoms with E-state index in [9.17, 15) is 39.4 Å². The molecule has 210 valence electrons. The highest BCUT2D eigenvalue weighted by Gasteiger charge is 2.42. The standard InChI is InChI=1S/C29H27N5O7/c1-28(2,3)33-24(38)16-9-7-14(11-18(16)26(33)40)21(35)20(13-30)23(37)32-31-22(36)15-8-10-17-19(12-15)27(41)34(25(17)39)29(4,5)6/h7-12,20,39,41H,1-6H3. The molecule has 1 aliphatic heterocycles. The van der Waals surface area contributed by atoms with Gasteiger partial charge in [0.1, 0.15) is 0 Å². The number of rotatable bonds is 4. The molecule has 0 fully saturated rings. The first kappa shape index (κ1) is 28.8. The normalized spacial score (nSPS) is 14.4. The summed E-state index contributed by atoms with van der Waals surface area (Å²) in [6, 6.07) is 9.22. The van der Waals surface area contributed by atoms with Crippen LogP contribution < -0.4 is 0 Å². The van der Waals surface area contributed by atoms with E-state index in [1.54, 1.807) is 47.6 Å². The highest BCUT2D eigenvalue weighted by atomic mass is 16.3. The van der Waals surface area contributed by atoms with Gasteiger partial charge in [-0.15, -0.1) is 10.2 Å². The molecule has 1 aliphatic rings. The molecule has 0 saturated heterocycles. The van der Waals surface area contributed by atoms with Crippen LogP contribution in [0.15, 0.2) is 46.6 Å². The first-order valence-electron chi connectivity index (χ1n) is 12.5. The number of nitriles is 1. The minimum atomic E-state index is -1.96. The molecule has 0 saturated carbocycles. The van der Waals surface area contributed by atoms with E-state index in [1.807, 2.05) is 0 Å². The van der Waals surface area contributed by atoms with Crippen molar-refractivity contribution in [3.8, 4) is 17.8 Å². The molecule has 12 nitrogen and oxygen atoms in total. The second-order valence-electron chi connectivity index (χ2n) is 11.6. The zero-order valence-electron chi connectivity index (χ0n) is 23.2. The fourth-order valence-corrected chi connectivity index (χ4v) is 4.64. The molecule has 12 heteroatoms. The van der Waals surface area contributed by atoms with Crippen molar-refractivity contribution >= 4 is 40.2 Å². The van der Waals surface area contributed by atoms with Crippen molar-refractivity contribution in [2.45, 2.75) is 52.6 Å². The lowest BCUT2D eigenvalue weighted by molar-refractivity contribution is -0.119. The Morgan fingerprint density at radius 3 is 1.98 bits per heavy atom. The van der Waals surface area contributed by atoms with Gasteiger partial charge in [0.15, 0.2) is 11.7 Å². The predicted octanol–water partition coefficient (Wildman–Crippen LogP) is 4.34. The van der Waals surface area contributed by atoms with Crippen molar-refractivity contribution in [3.63, 3.8) is 0 Å². The van der Waals surface area contributed by atoms with Crippen LogP contribution in [0.25, 0.3) is 10.8 Å². The summed E-state index contributed by atoms with van der Waals surface area (Å²) in [6.07, 6.45) is 0. The van der Waals surface area contributed by atoms with Crippen molar-refractivity contribution in [1.82, 2.24) is 9.47 Å². The van der Waals surface area contributed by atoms with Crippen LogP contribution in [-0.2, 0) is 10.3 Å². The molecule has 0 bridgehead atoms. The van der Waals surface area contributed by atoms with E-state index in [4.69, 9.17) is 0 Å². The van der Waals surface area contributed by atoms with Crippen LogP contribution in [0.2, 0.25) is 0 Å². The van der Waals surface area contributed by atoms with Gasteiger partial charge in [-0.2, -0.15) is 5.26 Å². The molecular formula is C29H27N5O7. The number of imide groups is 1. The summed E-state index contributed by atoms with van der Waals surface area (Å²) in [6.45, 7) is 10.4. The first-order chi connectivity index (χ1) is 19.0. The third kappa shape index (κ3) is 4.86. The number of aromatic nitrogens is 1. The topological polar surface area (TPSA) is 182 Å². The minimum Gasteiger partial charge on any atom is -0.494 e. The number of aromatic hydroxyl groups is 2. The molecule has 0 radical (unpaired) electrons. The Morgan fingerprint density at radius 2 is 1.39 bits per heavy atom. The highest BCUT2D eigenvalue weighted by Crippen LogP contribution is 2.41. The number of carbonyl (C=O) groups is 5. The Balaban J connectivity index is 1.56.